The van der Waals surface area contributed by atoms with Crippen LogP contribution in [0.2, 0.25) is 0 Å². The van der Waals surface area contributed by atoms with Crippen LogP contribution in [0.15, 0.2) is 458 Å². The van der Waals surface area contributed by atoms with Crippen LogP contribution in [0.5, 0.6) is 5.75 Å². The van der Waals surface area contributed by atoms with Crippen LogP contribution in [0.1, 0.15) is 25.0 Å². The van der Waals surface area contributed by atoms with E-state index in [4.69, 9.17) is 34.4 Å². The zero-order valence-electron chi connectivity index (χ0n) is 76.8. The molecule has 0 spiro atoms. The summed E-state index contributed by atoms with van der Waals surface area (Å²) in [6, 6.07) is 158. The Morgan fingerprint density at radius 1 is 0.357 bits per heavy atom. The van der Waals surface area contributed by atoms with E-state index in [1.165, 1.54) is 87.4 Å². The van der Waals surface area contributed by atoms with Crippen molar-refractivity contribution in [3.63, 3.8) is 0 Å². The fourth-order valence-corrected chi connectivity index (χ4v) is 19.3. The van der Waals surface area contributed by atoms with Crippen LogP contribution >= 0.6 is 0 Å². The van der Waals surface area contributed by atoms with Crippen molar-refractivity contribution >= 4 is 121 Å². The third-order valence-electron chi connectivity index (χ3n) is 25.8. The van der Waals surface area contributed by atoms with Gasteiger partial charge >= 0.3 is 5.63 Å². The van der Waals surface area contributed by atoms with Gasteiger partial charge in [0, 0.05) is 141 Å². The van der Waals surface area contributed by atoms with E-state index in [1.54, 1.807) is 18.2 Å². The molecule has 0 bridgehead atoms. The third kappa shape index (κ3) is 17.6. The summed E-state index contributed by atoms with van der Waals surface area (Å²) < 4.78 is 16.4. The minimum atomic E-state index is -0.326. The fourth-order valence-electron chi connectivity index (χ4n) is 19.3. The largest absolute Gasteiger partial charge is 0.504 e. The van der Waals surface area contributed by atoms with Crippen molar-refractivity contribution < 1.29 is 49.4 Å². The molecule has 14 heteroatoms. The Morgan fingerprint density at radius 2 is 0.743 bits per heavy atom. The van der Waals surface area contributed by atoms with Gasteiger partial charge in [-0.25, -0.2) is 30.0 Å². The normalized spacial score (nSPS) is 12.1. The second-order valence-electron chi connectivity index (χ2n) is 34.9. The molecule has 0 unspecified atom stereocenters. The molecule has 676 valence electrons. The van der Waals surface area contributed by atoms with E-state index in [9.17, 15) is 4.79 Å². The summed E-state index contributed by atoms with van der Waals surface area (Å²) in [6.07, 6.45) is 4.27. The molecule has 19 aromatic carbocycles. The van der Waals surface area contributed by atoms with Gasteiger partial charge in [0.25, 0.3) is 0 Å². The number of para-hydroxylation sites is 4. The maximum absolute atomic E-state index is 11.6. The number of rotatable bonds is 11. The Bertz CT molecular complexity index is 8450. The quantitative estimate of drug-likeness (QED) is 0.0701. The van der Waals surface area contributed by atoms with E-state index >= 15 is 0 Å². The van der Waals surface area contributed by atoms with Crippen molar-refractivity contribution in [2.75, 3.05) is 16.8 Å². The number of fused-ring (bicyclic) bond motifs is 14. The van der Waals surface area contributed by atoms with Crippen LogP contribution in [0.4, 0.5) is 17.1 Å². The summed E-state index contributed by atoms with van der Waals surface area (Å²) >= 11 is 0. The molecule has 24 aromatic rings. The SMILES string of the molecule is CC1(C)C=Cc2ccc(-c3c4ccccc4cc4ccccc34)cc2O1.CN1[CH-]N(c2[c-]cc(C#N)cc2)c2ccccc21.O=c1ccc2ccc(-c3c4ccccc4cc4ccccc34)cc2o1.[CH3-].[Ir].[Ir].c1ccc(-c2cc(-c3ccc(-n4c5ccccc5c5c6c7ccccc7n(-c7ccc(-c8cc(-c9ccccc9)nc(-c9ccccc9)n8)cc7)c6ccc54)cc3)nc(-c3ccccc3)n2)cc1. The Labute approximate surface area is 838 Å². The number of benzene rings is 19. The first-order valence-corrected chi connectivity index (χ1v) is 45.8. The minimum absolute atomic E-state index is 0. The number of anilines is 3. The molecule has 2 aliphatic rings. The van der Waals surface area contributed by atoms with Crippen LogP contribution in [0.25, 0.3) is 205 Å². The van der Waals surface area contributed by atoms with Gasteiger partial charge in [-0.05, 0) is 195 Å². The molecular formula is C126H88Ir2N9O3-3. The van der Waals surface area contributed by atoms with Crippen LogP contribution in [-0.2, 0) is 40.2 Å². The molecule has 12 nitrogen and oxygen atoms in total. The monoisotopic (exact) mass is 2160 g/mol. The molecule has 2 radical (unpaired) electrons. The molecule has 26 rings (SSSR count). The van der Waals surface area contributed by atoms with E-state index in [1.807, 2.05) is 117 Å². The molecule has 140 heavy (non-hydrogen) atoms. The second kappa shape index (κ2) is 39.1. The van der Waals surface area contributed by atoms with E-state index in [0.717, 1.165) is 129 Å². The van der Waals surface area contributed by atoms with Gasteiger partial charge in [-0.2, -0.15) is 24.9 Å². The number of hydrogen-bond acceptors (Lipinski definition) is 10. The maximum atomic E-state index is 11.6. The predicted molar refractivity (Wildman–Crippen MR) is 570 cm³/mol. The summed E-state index contributed by atoms with van der Waals surface area (Å²) in [5.41, 5.74) is 26.1. The van der Waals surface area contributed by atoms with Crippen molar-refractivity contribution in [3.05, 3.63) is 491 Å². The van der Waals surface area contributed by atoms with Gasteiger partial charge in [-0.3, -0.25) is 0 Å². The van der Waals surface area contributed by atoms with E-state index in [-0.39, 0.29) is 58.9 Å². The van der Waals surface area contributed by atoms with Crippen molar-refractivity contribution in [1.82, 2.24) is 29.1 Å². The smallest absolute Gasteiger partial charge is 0.336 e. The third-order valence-corrected chi connectivity index (χ3v) is 25.8. The molecule has 0 saturated heterocycles. The Morgan fingerprint density at radius 3 is 1.19 bits per heavy atom. The number of ether oxygens (including phenoxy) is 1. The standard InChI is InChI=1S/C62H40N6.C25H20O.C23H14O2.C15H11N3.CH3.2Ir/c1-5-17-41(18-6-1)51-39-53(65-61(63-51)45-21-9-3-10-22-45)43-29-33-47(34-30-43)67-55-27-15-13-25-49(55)59-57(67)37-38-58-60(59)50-26-14-16-28-56(50)68(58)48-35-31-44(32-36-48)54-40-52(42-19-7-2-8-20-42)64-62(66-54)46-23-11-4-12-24-46;1-25(2)14-13-17-11-12-20(16-23(17)26-25)24-21-9-5-3-7-18(21)15-19-8-4-6-10-22(19)24;24-22-12-11-15-9-10-18(14-21(15)25-22)23-19-7-3-1-5-16(19)13-17-6-2-4-8-20(17)23;1-17-11-18(15-5-3-2-4-14(15)17)13-8-6-12(10-16)7-9-13;;;/h1-40H;3-16H,1-2H3;1-14H;2-8,11H,1H3;1H3;;/q;;;-2;-1;;. The summed E-state index contributed by atoms with van der Waals surface area (Å²) in [5.74, 6) is 2.35. The first kappa shape index (κ1) is 90.9. The minimum Gasteiger partial charge on any atom is -0.504 e. The summed E-state index contributed by atoms with van der Waals surface area (Å²) in [4.78, 5) is 36.0. The number of nitriles is 1. The predicted octanol–water partition coefficient (Wildman–Crippen LogP) is 31.6. The average Bonchev–Trinajstić information content (AvgIpc) is 1.54. The van der Waals surface area contributed by atoms with Gasteiger partial charge in [0.2, 0.25) is 0 Å². The Kier molecular flexibility index (Phi) is 25.4. The summed E-state index contributed by atoms with van der Waals surface area (Å²) in [6.45, 7) is 6.20. The van der Waals surface area contributed by atoms with Crippen LogP contribution in [0.3, 0.4) is 0 Å². The summed E-state index contributed by atoms with van der Waals surface area (Å²) in [7, 11) is 2.02. The second-order valence-corrected chi connectivity index (χ2v) is 34.9. The van der Waals surface area contributed by atoms with Crippen LogP contribution in [0, 0.1) is 31.5 Å². The molecule has 0 amide bonds. The molecule has 7 heterocycles. The van der Waals surface area contributed by atoms with Crippen molar-refractivity contribution in [2.45, 2.75) is 19.4 Å². The van der Waals surface area contributed by atoms with Crippen LogP contribution < -0.4 is 20.2 Å². The van der Waals surface area contributed by atoms with Gasteiger partial charge in [0.15, 0.2) is 11.6 Å². The first-order chi connectivity index (χ1) is 67.4. The molecule has 0 atom stereocenters. The number of aromatic nitrogens is 6. The average molecular weight is 2160 g/mol. The number of nitrogens with zero attached hydrogens (tertiary/aromatic N) is 9. The van der Waals surface area contributed by atoms with Gasteiger partial charge < -0.3 is 35.5 Å². The maximum Gasteiger partial charge on any atom is 0.336 e. The van der Waals surface area contributed by atoms with Gasteiger partial charge in [-0.15, -0.1) is 11.8 Å². The zero-order chi connectivity index (χ0) is 92.0. The van der Waals surface area contributed by atoms with Gasteiger partial charge in [-0.1, -0.05) is 327 Å². The molecule has 5 aromatic heterocycles. The van der Waals surface area contributed by atoms with Crippen LogP contribution in [-0.4, -0.2) is 41.7 Å². The molecule has 2 aliphatic heterocycles. The first-order valence-electron chi connectivity index (χ1n) is 45.8. The van der Waals surface area contributed by atoms with Crippen molar-refractivity contribution in [2.24, 2.45) is 0 Å². The topological polar surface area (TPSA) is 131 Å². The van der Waals surface area contributed by atoms with Gasteiger partial charge in [0.05, 0.1) is 44.8 Å². The van der Waals surface area contributed by atoms with Crippen molar-refractivity contribution in [1.29, 1.82) is 5.26 Å². The van der Waals surface area contributed by atoms with E-state index in [0.29, 0.717) is 22.8 Å². The molecule has 0 N–H and O–H groups in total. The Hall–Kier alpha value is -16.9. The van der Waals surface area contributed by atoms with E-state index in [2.05, 4.69) is 373 Å². The number of hydrogen-bond donors (Lipinski definition) is 0. The summed E-state index contributed by atoms with van der Waals surface area (Å²) in [5, 5.41) is 24.5. The molecule has 0 fully saturated rings. The van der Waals surface area contributed by atoms with Gasteiger partial charge in [0.1, 0.15) is 16.9 Å². The zero-order valence-corrected chi connectivity index (χ0v) is 81.6. The molecular weight excluding hydrogens is 2070 g/mol. The Balaban J connectivity index is 0.000000136. The fraction of sp³-hybridized carbons (Fsp3) is 0.0317. The molecule has 0 saturated carbocycles. The molecule has 0 aliphatic carbocycles. The van der Waals surface area contributed by atoms with E-state index < -0.39 is 0 Å². The van der Waals surface area contributed by atoms with Crippen molar-refractivity contribution in [3.8, 4) is 113 Å².